The monoisotopic (exact) mass is 311 g/mol. The van der Waals surface area contributed by atoms with Gasteiger partial charge in [-0.3, -0.25) is 0 Å². The molecule has 6 nitrogen and oxygen atoms in total. The van der Waals surface area contributed by atoms with Gasteiger partial charge in [0.25, 0.3) is 5.88 Å². The van der Waals surface area contributed by atoms with Gasteiger partial charge in [-0.1, -0.05) is 46.2 Å². The van der Waals surface area contributed by atoms with Crippen LogP contribution in [0.2, 0.25) is 0 Å². The molecule has 23 heavy (non-hydrogen) atoms. The Morgan fingerprint density at radius 3 is 2.78 bits per heavy atom. The van der Waals surface area contributed by atoms with Gasteiger partial charge in [-0.2, -0.15) is 0 Å². The molecule has 2 aromatic carbocycles. The van der Waals surface area contributed by atoms with Crippen molar-refractivity contribution in [2.24, 2.45) is 0 Å². The fourth-order valence-electron chi connectivity index (χ4n) is 2.31. The summed E-state index contributed by atoms with van der Waals surface area (Å²) in [7, 11) is 0. The molecule has 1 N–H and O–H groups in total. The van der Waals surface area contributed by atoms with E-state index in [-0.39, 0.29) is 18.2 Å². The van der Waals surface area contributed by atoms with E-state index in [9.17, 15) is 4.79 Å². The number of nitrogens with zero attached hydrogens (tertiary/aromatic N) is 2. The number of aryl methyl sites for hydroxylation is 1. The van der Waals surface area contributed by atoms with Crippen LogP contribution in [0.4, 0.5) is 0 Å². The first-order chi connectivity index (χ1) is 11.2. The molecule has 0 saturated carbocycles. The third kappa shape index (κ3) is 3.31. The van der Waals surface area contributed by atoms with Crippen LogP contribution < -0.4 is 4.74 Å². The first-order valence-corrected chi connectivity index (χ1v) is 7.37. The molecule has 118 valence electrons. The molecule has 0 bridgehead atoms. The van der Waals surface area contributed by atoms with E-state index in [1.54, 1.807) is 6.92 Å². The zero-order valence-corrected chi connectivity index (χ0v) is 13.0. The first-order valence-electron chi connectivity index (χ1n) is 7.37. The van der Waals surface area contributed by atoms with E-state index in [0.717, 1.165) is 10.9 Å². The number of nitrogens with one attached hydrogen (secondary N) is 1. The highest BCUT2D eigenvalue weighted by molar-refractivity contribution is 5.89. The summed E-state index contributed by atoms with van der Waals surface area (Å²) in [6, 6.07) is 12.4. The van der Waals surface area contributed by atoms with E-state index >= 15 is 0 Å². The first kappa shape index (κ1) is 15.0. The van der Waals surface area contributed by atoms with Crippen molar-refractivity contribution in [3.8, 4) is 5.88 Å². The molecular weight excluding hydrogens is 294 g/mol. The predicted molar refractivity (Wildman–Crippen MR) is 85.4 cm³/mol. The third-order valence-corrected chi connectivity index (χ3v) is 3.43. The molecule has 0 atom stereocenters. The molecular formula is C17H17N3O3. The van der Waals surface area contributed by atoms with Gasteiger partial charge in [0.15, 0.2) is 0 Å². The number of benzene rings is 2. The summed E-state index contributed by atoms with van der Waals surface area (Å²) in [5, 5.41) is 12.2. The maximum absolute atomic E-state index is 11.7. The summed E-state index contributed by atoms with van der Waals surface area (Å²) in [4.78, 5) is 11.7. The number of rotatable bonds is 5. The number of carbonyl (C=O) groups is 1. The molecule has 0 aliphatic heterocycles. The van der Waals surface area contributed by atoms with Crippen molar-refractivity contribution in [2.45, 2.75) is 20.5 Å². The van der Waals surface area contributed by atoms with Gasteiger partial charge < -0.3 is 9.47 Å². The normalized spacial score (nSPS) is 10.7. The molecule has 1 aromatic heterocycles. The Morgan fingerprint density at radius 1 is 1.17 bits per heavy atom. The Balaban J connectivity index is 1.75. The maximum atomic E-state index is 11.7. The van der Waals surface area contributed by atoms with E-state index in [2.05, 4.69) is 52.7 Å². The van der Waals surface area contributed by atoms with Gasteiger partial charge >= 0.3 is 5.97 Å². The molecule has 0 aliphatic rings. The number of aromatic amines is 1. The van der Waals surface area contributed by atoms with Crippen molar-refractivity contribution in [3.05, 3.63) is 53.2 Å². The number of carbonyl (C=O) groups excluding carboxylic acids is 1. The van der Waals surface area contributed by atoms with Gasteiger partial charge in [-0.25, -0.2) is 9.89 Å². The second kappa shape index (κ2) is 6.48. The highest BCUT2D eigenvalue weighted by atomic mass is 16.5. The Labute approximate surface area is 133 Å². The lowest BCUT2D eigenvalue weighted by molar-refractivity contribution is 0.0514. The van der Waals surface area contributed by atoms with Crippen LogP contribution in [-0.2, 0) is 11.3 Å². The number of esters is 1. The summed E-state index contributed by atoms with van der Waals surface area (Å²) in [5.41, 5.74) is 2.34. The molecule has 0 radical (unpaired) electrons. The molecule has 1 heterocycles. The Bertz CT molecular complexity index is 842. The molecule has 0 amide bonds. The fraction of sp³-hybridized carbons (Fsp3) is 0.235. The number of H-pyrrole nitrogens is 1. The van der Waals surface area contributed by atoms with E-state index < -0.39 is 5.97 Å². The average Bonchev–Trinajstić information content (AvgIpc) is 3.01. The Morgan fingerprint density at radius 2 is 1.96 bits per heavy atom. The fourth-order valence-corrected chi connectivity index (χ4v) is 2.31. The molecule has 3 rings (SSSR count). The minimum absolute atomic E-state index is 0.128. The molecule has 3 aromatic rings. The lowest BCUT2D eigenvalue weighted by atomic mass is 10.1. The molecule has 0 spiro atoms. The van der Waals surface area contributed by atoms with Gasteiger partial charge in [0.05, 0.1) is 6.61 Å². The smallest absolute Gasteiger partial charge is 0.362 e. The summed E-state index contributed by atoms with van der Waals surface area (Å²) in [6.07, 6.45) is 0. The SMILES string of the molecule is CCOC(=O)c1[nH]nnc1OCc1ccc2cc(C)ccc2c1. The minimum Gasteiger partial charge on any atom is -0.470 e. The van der Waals surface area contributed by atoms with Gasteiger partial charge in [-0.15, -0.1) is 0 Å². The lowest BCUT2D eigenvalue weighted by Gasteiger charge is -2.06. The quantitative estimate of drug-likeness (QED) is 0.733. The number of hydrogen-bond donors (Lipinski definition) is 1. The van der Waals surface area contributed by atoms with Gasteiger partial charge in [0, 0.05) is 0 Å². The predicted octanol–water partition coefficient (Wildman–Crippen LogP) is 3.02. The number of aromatic nitrogens is 3. The summed E-state index contributed by atoms with van der Waals surface area (Å²) in [5.74, 6) is -0.381. The maximum Gasteiger partial charge on any atom is 0.362 e. The van der Waals surface area contributed by atoms with Crippen LogP contribution >= 0.6 is 0 Å². The van der Waals surface area contributed by atoms with Crippen molar-refractivity contribution in [2.75, 3.05) is 6.61 Å². The van der Waals surface area contributed by atoms with E-state index in [1.165, 1.54) is 10.9 Å². The second-order valence-corrected chi connectivity index (χ2v) is 5.19. The van der Waals surface area contributed by atoms with Crippen LogP contribution in [0.15, 0.2) is 36.4 Å². The van der Waals surface area contributed by atoms with E-state index in [1.807, 2.05) is 6.07 Å². The van der Waals surface area contributed by atoms with Crippen molar-refractivity contribution in [1.29, 1.82) is 0 Å². The number of ether oxygens (including phenoxy) is 2. The molecule has 0 aliphatic carbocycles. The highest BCUT2D eigenvalue weighted by Crippen LogP contribution is 2.19. The zero-order chi connectivity index (χ0) is 16.2. The third-order valence-electron chi connectivity index (χ3n) is 3.43. The number of fused-ring (bicyclic) bond motifs is 1. The average molecular weight is 311 g/mol. The standard InChI is InChI=1S/C17H17N3O3/c1-3-22-17(21)15-16(19-20-18-15)23-10-12-5-7-13-8-11(2)4-6-14(13)9-12/h4-9H,3,10H2,1-2H3,(H,18,19,20). The van der Waals surface area contributed by atoms with Gasteiger partial charge in [0.2, 0.25) is 5.69 Å². The minimum atomic E-state index is -0.526. The van der Waals surface area contributed by atoms with Gasteiger partial charge in [-0.05, 0) is 36.2 Å². The van der Waals surface area contributed by atoms with Gasteiger partial charge in [0.1, 0.15) is 6.61 Å². The topological polar surface area (TPSA) is 77.1 Å². The summed E-state index contributed by atoms with van der Waals surface area (Å²) >= 11 is 0. The van der Waals surface area contributed by atoms with Crippen molar-refractivity contribution >= 4 is 16.7 Å². The van der Waals surface area contributed by atoms with E-state index in [0.29, 0.717) is 6.61 Å². The highest BCUT2D eigenvalue weighted by Gasteiger charge is 2.18. The summed E-state index contributed by atoms with van der Waals surface area (Å²) in [6.45, 7) is 4.38. The largest absolute Gasteiger partial charge is 0.470 e. The van der Waals surface area contributed by atoms with E-state index in [4.69, 9.17) is 9.47 Å². The van der Waals surface area contributed by atoms with Crippen LogP contribution in [0.1, 0.15) is 28.5 Å². The van der Waals surface area contributed by atoms with Crippen LogP contribution in [0.5, 0.6) is 5.88 Å². The van der Waals surface area contributed by atoms with Crippen LogP contribution in [0.25, 0.3) is 10.8 Å². The zero-order valence-electron chi connectivity index (χ0n) is 13.0. The Kier molecular flexibility index (Phi) is 4.23. The van der Waals surface area contributed by atoms with Crippen LogP contribution in [-0.4, -0.2) is 28.0 Å². The molecule has 6 heteroatoms. The molecule has 0 unspecified atom stereocenters. The van der Waals surface area contributed by atoms with Crippen LogP contribution in [0.3, 0.4) is 0 Å². The van der Waals surface area contributed by atoms with Crippen molar-refractivity contribution in [3.63, 3.8) is 0 Å². The van der Waals surface area contributed by atoms with Crippen molar-refractivity contribution in [1.82, 2.24) is 15.4 Å². The van der Waals surface area contributed by atoms with Crippen LogP contribution in [0, 0.1) is 6.92 Å². The number of hydrogen-bond acceptors (Lipinski definition) is 5. The molecule has 0 fully saturated rings. The summed E-state index contributed by atoms with van der Waals surface area (Å²) < 4.78 is 10.5. The molecule has 0 saturated heterocycles. The second-order valence-electron chi connectivity index (χ2n) is 5.19. The Hall–Kier alpha value is -2.89. The van der Waals surface area contributed by atoms with Crippen molar-refractivity contribution < 1.29 is 14.3 Å². The lowest BCUT2D eigenvalue weighted by Crippen LogP contribution is -2.08.